The molecule has 0 aliphatic carbocycles. The Morgan fingerprint density at radius 1 is 1.12 bits per heavy atom. The molecule has 4 heteroatoms. The van der Waals surface area contributed by atoms with Crippen molar-refractivity contribution in [1.29, 1.82) is 0 Å². The van der Waals surface area contributed by atoms with Gasteiger partial charge in [0.15, 0.2) is 0 Å². The van der Waals surface area contributed by atoms with E-state index in [-0.39, 0.29) is 0 Å². The molecule has 24 heavy (non-hydrogen) atoms. The summed E-state index contributed by atoms with van der Waals surface area (Å²) in [6.45, 7) is 9.55. The van der Waals surface area contributed by atoms with Gasteiger partial charge in [0, 0.05) is 51.7 Å². The second kappa shape index (κ2) is 7.42. The molecule has 3 heterocycles. The number of piperidine rings is 1. The normalized spacial score (nSPS) is 26.3. The summed E-state index contributed by atoms with van der Waals surface area (Å²) in [4.78, 5) is 7.88. The van der Waals surface area contributed by atoms with Crippen molar-refractivity contribution >= 4 is 0 Å². The molecule has 132 valence electrons. The molecule has 0 unspecified atom stereocenters. The third-order valence-electron chi connectivity index (χ3n) is 5.99. The molecule has 0 aromatic heterocycles. The quantitative estimate of drug-likeness (QED) is 0.839. The van der Waals surface area contributed by atoms with Gasteiger partial charge in [0.2, 0.25) is 0 Å². The first-order valence-electron chi connectivity index (χ1n) is 9.67. The summed E-state index contributed by atoms with van der Waals surface area (Å²) in [5.41, 5.74) is 2.87. The van der Waals surface area contributed by atoms with Crippen molar-refractivity contribution in [2.45, 2.75) is 31.7 Å². The van der Waals surface area contributed by atoms with Crippen LogP contribution in [-0.4, -0.2) is 80.2 Å². The first kappa shape index (κ1) is 16.4. The number of rotatable bonds is 4. The van der Waals surface area contributed by atoms with Gasteiger partial charge in [-0.3, -0.25) is 4.90 Å². The summed E-state index contributed by atoms with van der Waals surface area (Å²) in [7, 11) is 2.27. The van der Waals surface area contributed by atoms with E-state index in [1.807, 2.05) is 0 Å². The molecule has 1 aromatic rings. The minimum absolute atomic E-state index is 0.794. The van der Waals surface area contributed by atoms with Crippen LogP contribution in [0.4, 0.5) is 0 Å². The first-order chi connectivity index (χ1) is 11.8. The van der Waals surface area contributed by atoms with E-state index in [1.54, 1.807) is 0 Å². The largest absolute Gasteiger partial charge is 0.493 e. The number of likely N-dealkylation sites (tertiary alicyclic amines) is 1. The summed E-state index contributed by atoms with van der Waals surface area (Å²) in [5.74, 6) is 1.10. The van der Waals surface area contributed by atoms with Gasteiger partial charge in [0.05, 0.1) is 6.61 Å². The average Bonchev–Trinajstić information content (AvgIpc) is 3.08. The molecule has 4 rings (SSSR count). The Balaban J connectivity index is 1.23. The molecule has 3 aliphatic rings. The second-order valence-electron chi connectivity index (χ2n) is 7.73. The molecule has 2 saturated heterocycles. The maximum absolute atomic E-state index is 5.61. The first-order valence-corrected chi connectivity index (χ1v) is 9.67. The van der Waals surface area contributed by atoms with Crippen LogP contribution in [0.2, 0.25) is 0 Å². The van der Waals surface area contributed by atoms with E-state index in [4.69, 9.17) is 4.74 Å². The summed E-state index contributed by atoms with van der Waals surface area (Å²) >= 11 is 0. The fraction of sp³-hybridized carbons (Fsp3) is 0.700. The van der Waals surface area contributed by atoms with Gasteiger partial charge in [-0.1, -0.05) is 12.1 Å². The van der Waals surface area contributed by atoms with E-state index < -0.39 is 0 Å². The molecular weight excluding hydrogens is 298 g/mol. The van der Waals surface area contributed by atoms with Crippen molar-refractivity contribution in [2.24, 2.45) is 0 Å². The second-order valence-corrected chi connectivity index (χ2v) is 7.73. The van der Waals surface area contributed by atoms with Crippen molar-refractivity contribution in [2.75, 3.05) is 59.5 Å². The predicted octanol–water partition coefficient (Wildman–Crippen LogP) is 1.88. The molecule has 0 bridgehead atoms. The number of fused-ring (bicyclic) bond motifs is 1. The Hall–Kier alpha value is -1.10. The topological polar surface area (TPSA) is 19.0 Å². The van der Waals surface area contributed by atoms with E-state index in [1.165, 1.54) is 76.2 Å². The SMILES string of the molecule is CN1CCC[C@H](N2CCN(CCc3ccc4c(c3)CCO4)CC2)C1. The minimum atomic E-state index is 0.794. The van der Waals surface area contributed by atoms with Crippen LogP contribution in [0.5, 0.6) is 5.75 Å². The third-order valence-corrected chi connectivity index (χ3v) is 5.99. The lowest BCUT2D eigenvalue weighted by Crippen LogP contribution is -2.54. The lowest BCUT2D eigenvalue weighted by atomic mass is 10.0. The number of hydrogen-bond donors (Lipinski definition) is 0. The van der Waals surface area contributed by atoms with Gasteiger partial charge in [-0.25, -0.2) is 0 Å². The zero-order chi connectivity index (χ0) is 16.4. The Kier molecular flexibility index (Phi) is 5.06. The van der Waals surface area contributed by atoms with E-state index >= 15 is 0 Å². The fourth-order valence-corrected chi connectivity index (χ4v) is 4.47. The van der Waals surface area contributed by atoms with Crippen molar-refractivity contribution in [3.05, 3.63) is 29.3 Å². The lowest BCUT2D eigenvalue weighted by Gasteiger charge is -2.42. The van der Waals surface area contributed by atoms with Crippen LogP contribution in [0.1, 0.15) is 24.0 Å². The standard InChI is InChI=1S/C20H31N3O/c1-21-8-2-3-19(16-21)23-12-10-22(11-13-23)9-6-17-4-5-20-18(15-17)7-14-24-20/h4-5,15,19H,2-3,6-14,16H2,1H3/t19-/m0/s1. The van der Waals surface area contributed by atoms with Gasteiger partial charge in [-0.05, 0) is 50.0 Å². The van der Waals surface area contributed by atoms with E-state index in [0.29, 0.717) is 0 Å². The number of nitrogens with zero attached hydrogens (tertiary/aromatic N) is 3. The number of likely N-dealkylation sites (N-methyl/N-ethyl adjacent to an activating group) is 1. The monoisotopic (exact) mass is 329 g/mol. The Labute approximate surface area is 146 Å². The van der Waals surface area contributed by atoms with Crippen molar-refractivity contribution < 1.29 is 4.74 Å². The Morgan fingerprint density at radius 3 is 2.83 bits per heavy atom. The predicted molar refractivity (Wildman–Crippen MR) is 97.9 cm³/mol. The third kappa shape index (κ3) is 3.76. The van der Waals surface area contributed by atoms with Crippen molar-refractivity contribution in [1.82, 2.24) is 14.7 Å². The smallest absolute Gasteiger partial charge is 0.122 e. The van der Waals surface area contributed by atoms with Crippen molar-refractivity contribution in [3.8, 4) is 5.75 Å². The highest BCUT2D eigenvalue weighted by molar-refractivity contribution is 5.39. The van der Waals surface area contributed by atoms with Gasteiger partial charge in [0.25, 0.3) is 0 Å². The summed E-state index contributed by atoms with van der Waals surface area (Å²) in [5, 5.41) is 0. The molecule has 2 fully saturated rings. The number of hydrogen-bond acceptors (Lipinski definition) is 4. The highest BCUT2D eigenvalue weighted by Gasteiger charge is 2.26. The summed E-state index contributed by atoms with van der Waals surface area (Å²) in [6.07, 6.45) is 5.00. The summed E-state index contributed by atoms with van der Waals surface area (Å²) < 4.78 is 5.61. The lowest BCUT2D eigenvalue weighted by molar-refractivity contribution is 0.0599. The Bertz CT molecular complexity index is 554. The number of piperazine rings is 1. The Morgan fingerprint density at radius 2 is 2.00 bits per heavy atom. The van der Waals surface area contributed by atoms with Crippen LogP contribution in [0.25, 0.3) is 0 Å². The maximum Gasteiger partial charge on any atom is 0.122 e. The highest BCUT2D eigenvalue weighted by atomic mass is 16.5. The summed E-state index contributed by atoms with van der Waals surface area (Å²) in [6, 6.07) is 7.56. The zero-order valence-electron chi connectivity index (χ0n) is 15.0. The van der Waals surface area contributed by atoms with Gasteiger partial charge >= 0.3 is 0 Å². The van der Waals surface area contributed by atoms with E-state index in [2.05, 4.69) is 39.9 Å². The minimum Gasteiger partial charge on any atom is -0.493 e. The van der Waals surface area contributed by atoms with Crippen LogP contribution in [-0.2, 0) is 12.8 Å². The van der Waals surface area contributed by atoms with Crippen LogP contribution in [0.15, 0.2) is 18.2 Å². The molecule has 0 N–H and O–H groups in total. The number of benzene rings is 1. The average molecular weight is 329 g/mol. The van der Waals surface area contributed by atoms with Crippen molar-refractivity contribution in [3.63, 3.8) is 0 Å². The van der Waals surface area contributed by atoms with Crippen LogP contribution in [0, 0.1) is 0 Å². The molecule has 0 amide bonds. The zero-order valence-corrected chi connectivity index (χ0v) is 15.0. The van der Waals surface area contributed by atoms with Crippen LogP contribution < -0.4 is 4.74 Å². The fourth-order valence-electron chi connectivity index (χ4n) is 4.47. The molecular formula is C20H31N3O. The van der Waals surface area contributed by atoms with Gasteiger partial charge in [0.1, 0.15) is 5.75 Å². The molecule has 1 aromatic carbocycles. The molecule has 4 nitrogen and oxygen atoms in total. The molecule has 0 radical (unpaired) electrons. The maximum atomic E-state index is 5.61. The van der Waals surface area contributed by atoms with Gasteiger partial charge in [-0.2, -0.15) is 0 Å². The molecule has 3 aliphatic heterocycles. The molecule has 1 atom stereocenters. The van der Waals surface area contributed by atoms with Gasteiger partial charge in [-0.15, -0.1) is 0 Å². The van der Waals surface area contributed by atoms with Gasteiger partial charge < -0.3 is 14.5 Å². The highest BCUT2D eigenvalue weighted by Crippen LogP contribution is 2.26. The van der Waals surface area contributed by atoms with Crippen LogP contribution in [0.3, 0.4) is 0 Å². The van der Waals surface area contributed by atoms with Crippen LogP contribution >= 0.6 is 0 Å². The van der Waals surface area contributed by atoms with E-state index in [9.17, 15) is 0 Å². The number of ether oxygens (including phenoxy) is 1. The van der Waals surface area contributed by atoms with E-state index in [0.717, 1.165) is 24.8 Å². The molecule has 0 saturated carbocycles. The molecule has 0 spiro atoms.